The molecule has 0 spiro atoms. The summed E-state index contributed by atoms with van der Waals surface area (Å²) in [7, 11) is 0. The summed E-state index contributed by atoms with van der Waals surface area (Å²) in [4.78, 5) is 0. The molecule has 1 nitrogen and oxygen atoms in total. The van der Waals surface area contributed by atoms with Crippen LogP contribution in [0.3, 0.4) is 0 Å². The van der Waals surface area contributed by atoms with E-state index >= 15 is 0 Å². The van der Waals surface area contributed by atoms with Gasteiger partial charge in [0, 0.05) is 5.25 Å². The van der Waals surface area contributed by atoms with Crippen LogP contribution in [0.15, 0.2) is 0 Å². The second-order valence-electron chi connectivity index (χ2n) is 6.44. The predicted molar refractivity (Wildman–Crippen MR) is 92.6 cm³/mol. The number of hydrogen-bond acceptors (Lipinski definition) is 2. The van der Waals surface area contributed by atoms with Gasteiger partial charge in [-0.3, -0.25) is 0 Å². The number of unbranched alkanes of at least 4 members (excludes halogenated alkanes) is 9. The van der Waals surface area contributed by atoms with E-state index in [1.165, 1.54) is 89.2 Å². The van der Waals surface area contributed by atoms with E-state index in [0.29, 0.717) is 5.25 Å². The van der Waals surface area contributed by atoms with Crippen LogP contribution in [0, 0.1) is 0 Å². The van der Waals surface area contributed by atoms with Crippen molar-refractivity contribution in [3.8, 4) is 0 Å². The summed E-state index contributed by atoms with van der Waals surface area (Å²) in [5.74, 6) is 1.26. The molecule has 0 aromatic carbocycles. The van der Waals surface area contributed by atoms with Crippen molar-refractivity contribution < 1.29 is 5.11 Å². The van der Waals surface area contributed by atoms with E-state index in [2.05, 4.69) is 6.92 Å². The van der Waals surface area contributed by atoms with E-state index in [1.54, 1.807) is 0 Å². The summed E-state index contributed by atoms with van der Waals surface area (Å²) in [6.45, 7) is 2.28. The highest BCUT2D eigenvalue weighted by Crippen LogP contribution is 2.29. The molecule has 0 amide bonds. The van der Waals surface area contributed by atoms with Crippen molar-refractivity contribution in [1.82, 2.24) is 0 Å². The molecule has 1 aliphatic carbocycles. The minimum Gasteiger partial charge on any atom is -0.392 e. The highest BCUT2D eigenvalue weighted by atomic mass is 32.2. The molecule has 1 aliphatic rings. The Kier molecular flexibility index (Phi) is 11.9. The Bertz CT molecular complexity index is 208. The van der Waals surface area contributed by atoms with Gasteiger partial charge in [0.05, 0.1) is 6.10 Å². The summed E-state index contributed by atoms with van der Waals surface area (Å²) < 4.78 is 0. The van der Waals surface area contributed by atoms with Gasteiger partial charge in [-0.15, -0.1) is 0 Å². The van der Waals surface area contributed by atoms with Crippen molar-refractivity contribution in [2.45, 2.75) is 108 Å². The largest absolute Gasteiger partial charge is 0.392 e. The number of hydrogen-bond donors (Lipinski definition) is 1. The third-order valence-corrected chi connectivity index (χ3v) is 6.00. The van der Waals surface area contributed by atoms with Crippen LogP contribution in [0.25, 0.3) is 0 Å². The smallest absolute Gasteiger partial charge is 0.0658 e. The maximum Gasteiger partial charge on any atom is 0.0658 e. The second-order valence-corrected chi connectivity index (χ2v) is 7.79. The first-order chi connectivity index (χ1) is 9.84. The molecular weight excluding hydrogens is 264 g/mol. The van der Waals surface area contributed by atoms with E-state index in [-0.39, 0.29) is 6.10 Å². The monoisotopic (exact) mass is 300 g/mol. The lowest BCUT2D eigenvalue weighted by Crippen LogP contribution is -2.27. The topological polar surface area (TPSA) is 20.2 Å². The molecule has 2 heteroatoms. The Hall–Kier alpha value is 0.310. The molecule has 0 aliphatic heterocycles. The van der Waals surface area contributed by atoms with E-state index in [0.717, 1.165) is 6.42 Å². The van der Waals surface area contributed by atoms with Gasteiger partial charge in [-0.05, 0) is 25.0 Å². The zero-order chi connectivity index (χ0) is 14.5. The van der Waals surface area contributed by atoms with E-state index in [1.807, 2.05) is 11.8 Å². The van der Waals surface area contributed by atoms with Gasteiger partial charge in [0.1, 0.15) is 0 Å². The maximum atomic E-state index is 9.91. The first-order valence-corrected chi connectivity index (χ1v) is 10.2. The van der Waals surface area contributed by atoms with Crippen LogP contribution in [0.1, 0.15) is 96.8 Å². The summed E-state index contributed by atoms with van der Waals surface area (Å²) in [5.41, 5.74) is 0. The molecular formula is C18H36OS. The van der Waals surface area contributed by atoms with E-state index in [9.17, 15) is 5.11 Å². The van der Waals surface area contributed by atoms with Crippen LogP contribution in [0.2, 0.25) is 0 Å². The molecule has 0 heterocycles. The van der Waals surface area contributed by atoms with Gasteiger partial charge < -0.3 is 5.11 Å². The first kappa shape index (κ1) is 18.4. The highest BCUT2D eigenvalue weighted by molar-refractivity contribution is 7.99. The molecule has 1 rings (SSSR count). The molecule has 2 atom stereocenters. The van der Waals surface area contributed by atoms with Crippen molar-refractivity contribution >= 4 is 11.8 Å². The normalized spacial score (nSPS) is 23.1. The maximum absolute atomic E-state index is 9.91. The average molecular weight is 301 g/mol. The minimum absolute atomic E-state index is 0.0168. The van der Waals surface area contributed by atoms with Crippen LogP contribution in [0.4, 0.5) is 0 Å². The Balaban J connectivity index is 1.78. The summed E-state index contributed by atoms with van der Waals surface area (Å²) >= 11 is 2.03. The van der Waals surface area contributed by atoms with Crippen LogP contribution >= 0.6 is 11.8 Å². The van der Waals surface area contributed by atoms with Crippen LogP contribution in [0.5, 0.6) is 0 Å². The predicted octanol–water partition coefficient (Wildman–Crippen LogP) is 5.94. The zero-order valence-electron chi connectivity index (χ0n) is 13.6. The standard InChI is InChI=1S/C18H36OS/c1-2-3-4-5-6-7-8-9-10-13-16-20-18-15-12-11-14-17(18)19/h17-19H,2-16H2,1H3. The van der Waals surface area contributed by atoms with Crippen molar-refractivity contribution in [1.29, 1.82) is 0 Å². The number of thioether (sulfide) groups is 1. The Morgan fingerprint density at radius 1 is 0.800 bits per heavy atom. The van der Waals surface area contributed by atoms with Crippen LogP contribution in [-0.2, 0) is 0 Å². The van der Waals surface area contributed by atoms with Gasteiger partial charge in [-0.25, -0.2) is 0 Å². The molecule has 1 N–H and O–H groups in total. The third kappa shape index (κ3) is 9.28. The van der Waals surface area contributed by atoms with Crippen molar-refractivity contribution in [3.63, 3.8) is 0 Å². The molecule has 120 valence electrons. The number of aliphatic hydroxyl groups excluding tert-OH is 1. The Morgan fingerprint density at radius 3 is 1.95 bits per heavy atom. The Labute approximate surface area is 131 Å². The van der Waals surface area contributed by atoms with Crippen molar-refractivity contribution in [2.75, 3.05) is 5.75 Å². The molecule has 0 radical (unpaired) electrons. The van der Waals surface area contributed by atoms with E-state index in [4.69, 9.17) is 0 Å². The minimum atomic E-state index is -0.0168. The molecule has 0 aromatic heterocycles. The molecule has 0 aromatic rings. The molecule has 20 heavy (non-hydrogen) atoms. The molecule has 0 bridgehead atoms. The van der Waals surface area contributed by atoms with Crippen molar-refractivity contribution in [2.24, 2.45) is 0 Å². The number of rotatable bonds is 12. The second kappa shape index (κ2) is 13.0. The number of aliphatic hydroxyl groups is 1. The average Bonchev–Trinajstić information content (AvgIpc) is 2.46. The molecule has 2 unspecified atom stereocenters. The molecule has 0 saturated heterocycles. The highest BCUT2D eigenvalue weighted by Gasteiger charge is 2.22. The summed E-state index contributed by atoms with van der Waals surface area (Å²) in [5, 5.41) is 10.5. The third-order valence-electron chi connectivity index (χ3n) is 4.50. The van der Waals surface area contributed by atoms with Gasteiger partial charge >= 0.3 is 0 Å². The summed E-state index contributed by atoms with van der Waals surface area (Å²) in [6, 6.07) is 0. The summed E-state index contributed by atoms with van der Waals surface area (Å²) in [6.07, 6.45) is 19.0. The fraction of sp³-hybridized carbons (Fsp3) is 1.00. The first-order valence-electron chi connectivity index (χ1n) is 9.14. The lowest BCUT2D eigenvalue weighted by Gasteiger charge is -2.26. The quantitative estimate of drug-likeness (QED) is 0.450. The zero-order valence-corrected chi connectivity index (χ0v) is 14.4. The fourth-order valence-electron chi connectivity index (χ4n) is 3.10. The lowest BCUT2D eigenvalue weighted by molar-refractivity contribution is 0.137. The van der Waals surface area contributed by atoms with Gasteiger partial charge in [0.2, 0.25) is 0 Å². The van der Waals surface area contributed by atoms with Gasteiger partial charge in [-0.2, -0.15) is 11.8 Å². The SMILES string of the molecule is CCCCCCCCCCCCSC1CCCCC1O. The Morgan fingerprint density at radius 2 is 1.35 bits per heavy atom. The van der Waals surface area contributed by atoms with Crippen LogP contribution < -0.4 is 0 Å². The van der Waals surface area contributed by atoms with E-state index < -0.39 is 0 Å². The molecule has 1 saturated carbocycles. The lowest BCUT2D eigenvalue weighted by atomic mass is 9.97. The van der Waals surface area contributed by atoms with Gasteiger partial charge in [-0.1, -0.05) is 77.6 Å². The van der Waals surface area contributed by atoms with Gasteiger partial charge in [0.25, 0.3) is 0 Å². The molecule has 1 fully saturated rings. The van der Waals surface area contributed by atoms with Crippen LogP contribution in [-0.4, -0.2) is 22.2 Å². The fourth-order valence-corrected chi connectivity index (χ4v) is 4.46. The van der Waals surface area contributed by atoms with Crippen molar-refractivity contribution in [3.05, 3.63) is 0 Å². The van der Waals surface area contributed by atoms with Gasteiger partial charge in [0.15, 0.2) is 0 Å².